The van der Waals surface area contributed by atoms with E-state index in [9.17, 15) is 8.78 Å². The van der Waals surface area contributed by atoms with Crippen LogP contribution in [0.5, 0.6) is 0 Å². The highest BCUT2D eigenvalue weighted by Crippen LogP contribution is 2.42. The Hall–Kier alpha value is -0.370. The first-order chi connectivity index (χ1) is 5.47. The zero-order valence-electron chi connectivity index (χ0n) is 6.91. The summed E-state index contributed by atoms with van der Waals surface area (Å²) in [4.78, 5) is 0. The maximum atomic E-state index is 13.5. The number of rotatable bonds is 1. The van der Waals surface area contributed by atoms with E-state index in [4.69, 9.17) is 11.6 Å². The van der Waals surface area contributed by atoms with Crippen molar-refractivity contribution in [2.24, 2.45) is 5.92 Å². The Morgan fingerprint density at radius 2 is 2.33 bits per heavy atom. The molecule has 0 aliphatic heterocycles. The van der Waals surface area contributed by atoms with Crippen molar-refractivity contribution in [3.63, 3.8) is 0 Å². The van der Waals surface area contributed by atoms with Crippen molar-refractivity contribution in [2.45, 2.75) is 25.4 Å². The van der Waals surface area contributed by atoms with Gasteiger partial charge in [-0.25, -0.2) is 8.78 Å². The first kappa shape index (κ1) is 9.72. The molecule has 2 unspecified atom stereocenters. The molecule has 0 aromatic heterocycles. The average Bonchev–Trinajstić information content (AvgIpc) is 1.99. The molecule has 2 atom stereocenters. The summed E-state index contributed by atoms with van der Waals surface area (Å²) in [5.41, 5.74) is -1.72. The molecule has 0 N–H and O–H groups in total. The highest BCUT2D eigenvalue weighted by atomic mass is 35.5. The van der Waals surface area contributed by atoms with Gasteiger partial charge in [0, 0.05) is 6.42 Å². The van der Waals surface area contributed by atoms with Gasteiger partial charge in [0.1, 0.15) is 11.5 Å². The van der Waals surface area contributed by atoms with Crippen molar-refractivity contribution >= 4 is 11.6 Å². The van der Waals surface area contributed by atoms with E-state index < -0.39 is 11.5 Å². The quantitative estimate of drug-likeness (QED) is 0.556. The first-order valence-corrected chi connectivity index (χ1v) is 4.21. The molecule has 68 valence electrons. The monoisotopic (exact) mass is 192 g/mol. The average molecular weight is 193 g/mol. The van der Waals surface area contributed by atoms with Crippen molar-refractivity contribution in [1.82, 2.24) is 0 Å². The van der Waals surface area contributed by atoms with Gasteiger partial charge in [-0.05, 0) is 19.3 Å². The molecule has 0 fully saturated rings. The Kier molecular flexibility index (Phi) is 2.57. The summed E-state index contributed by atoms with van der Waals surface area (Å²) in [7, 11) is 0. The highest BCUT2D eigenvalue weighted by Gasteiger charge is 2.37. The lowest BCUT2D eigenvalue weighted by Gasteiger charge is -2.29. The Balaban J connectivity index is 2.93. The Morgan fingerprint density at radius 1 is 1.75 bits per heavy atom. The molecule has 12 heavy (non-hydrogen) atoms. The fraction of sp³-hybridized carbons (Fsp3) is 0.556. The normalized spacial score (nSPS) is 36.8. The van der Waals surface area contributed by atoms with Crippen molar-refractivity contribution < 1.29 is 8.78 Å². The van der Waals surface area contributed by atoms with Gasteiger partial charge in [0.05, 0.1) is 5.03 Å². The number of hydrogen-bond acceptors (Lipinski definition) is 0. The van der Waals surface area contributed by atoms with Crippen LogP contribution in [0.4, 0.5) is 8.78 Å². The van der Waals surface area contributed by atoms with Crippen LogP contribution in [0, 0.1) is 5.92 Å². The minimum atomic E-state index is -1.72. The summed E-state index contributed by atoms with van der Waals surface area (Å²) < 4.78 is 26.4. The molecular weight excluding hydrogens is 182 g/mol. The summed E-state index contributed by atoms with van der Waals surface area (Å²) in [5, 5.41) is -0.277. The minimum absolute atomic E-state index is 0.137. The van der Waals surface area contributed by atoms with E-state index in [2.05, 4.69) is 6.58 Å². The van der Waals surface area contributed by atoms with Crippen LogP contribution in [0.1, 0.15) is 19.8 Å². The topological polar surface area (TPSA) is 0 Å². The molecule has 0 aromatic rings. The van der Waals surface area contributed by atoms with Crippen molar-refractivity contribution in [2.75, 3.05) is 0 Å². The second-order valence-electron chi connectivity index (χ2n) is 3.32. The number of alkyl halides is 1. The molecule has 3 heteroatoms. The largest absolute Gasteiger partial charge is 0.238 e. The third kappa shape index (κ3) is 1.69. The van der Waals surface area contributed by atoms with E-state index in [1.807, 2.05) is 0 Å². The fourth-order valence-electron chi connectivity index (χ4n) is 1.42. The van der Waals surface area contributed by atoms with Gasteiger partial charge in [0.2, 0.25) is 0 Å². The van der Waals surface area contributed by atoms with E-state index >= 15 is 0 Å². The van der Waals surface area contributed by atoms with E-state index in [-0.39, 0.29) is 23.8 Å². The Morgan fingerprint density at radius 3 is 2.75 bits per heavy atom. The van der Waals surface area contributed by atoms with Crippen LogP contribution in [-0.4, -0.2) is 5.67 Å². The van der Waals surface area contributed by atoms with Gasteiger partial charge in [-0.1, -0.05) is 17.7 Å². The standard InChI is InChI=1S/C9H11ClF2/c1-3-6-4-7(11)8(10)9(2,12)5-6/h3,6H,1,4-5H2,2H3. The molecule has 1 rings (SSSR count). The third-order valence-electron chi connectivity index (χ3n) is 2.12. The predicted octanol–water partition coefficient (Wildman–Crippen LogP) is 3.73. The summed E-state index contributed by atoms with van der Waals surface area (Å²) in [5.74, 6) is -0.680. The van der Waals surface area contributed by atoms with Crippen LogP contribution >= 0.6 is 11.6 Å². The van der Waals surface area contributed by atoms with Crippen molar-refractivity contribution in [3.05, 3.63) is 23.5 Å². The Labute approximate surface area is 75.9 Å². The highest BCUT2D eigenvalue weighted by molar-refractivity contribution is 6.31. The van der Waals surface area contributed by atoms with E-state index in [1.165, 1.54) is 6.92 Å². The third-order valence-corrected chi connectivity index (χ3v) is 2.72. The summed E-state index contributed by atoms with van der Waals surface area (Å²) in [6.07, 6.45) is 1.98. The Bertz CT molecular complexity index is 231. The maximum Gasteiger partial charge on any atom is 0.146 e. The minimum Gasteiger partial charge on any atom is -0.238 e. The lowest BCUT2D eigenvalue weighted by atomic mass is 9.85. The molecule has 0 aromatic carbocycles. The van der Waals surface area contributed by atoms with E-state index in [0.717, 1.165) is 0 Å². The zero-order valence-corrected chi connectivity index (χ0v) is 7.67. The smallest absolute Gasteiger partial charge is 0.146 e. The molecule has 0 spiro atoms. The van der Waals surface area contributed by atoms with Crippen LogP contribution in [0.25, 0.3) is 0 Å². The van der Waals surface area contributed by atoms with Gasteiger partial charge in [0.25, 0.3) is 0 Å². The second-order valence-corrected chi connectivity index (χ2v) is 3.70. The first-order valence-electron chi connectivity index (χ1n) is 3.83. The molecule has 0 saturated heterocycles. The molecule has 0 radical (unpaired) electrons. The summed E-state index contributed by atoms with van der Waals surface area (Å²) >= 11 is 5.48. The molecule has 0 amide bonds. The number of halogens is 3. The van der Waals surface area contributed by atoms with Gasteiger partial charge < -0.3 is 0 Å². The SMILES string of the molecule is C=CC1CC(F)=C(Cl)C(C)(F)C1. The zero-order chi connectivity index (χ0) is 9.35. The molecule has 0 nitrogen and oxygen atoms in total. The van der Waals surface area contributed by atoms with Crippen LogP contribution < -0.4 is 0 Å². The number of allylic oxidation sites excluding steroid dienone is 3. The molecule has 0 saturated carbocycles. The van der Waals surface area contributed by atoms with E-state index in [1.54, 1.807) is 6.08 Å². The van der Waals surface area contributed by atoms with Gasteiger partial charge in [-0.3, -0.25) is 0 Å². The number of hydrogen-bond donors (Lipinski definition) is 0. The van der Waals surface area contributed by atoms with Crippen LogP contribution in [0.2, 0.25) is 0 Å². The molecule has 1 aliphatic rings. The molecule has 0 bridgehead atoms. The van der Waals surface area contributed by atoms with Crippen LogP contribution in [0.3, 0.4) is 0 Å². The van der Waals surface area contributed by atoms with E-state index in [0.29, 0.717) is 0 Å². The molecular formula is C9H11ClF2. The molecule has 1 aliphatic carbocycles. The second kappa shape index (κ2) is 3.17. The van der Waals surface area contributed by atoms with Crippen molar-refractivity contribution in [3.8, 4) is 0 Å². The van der Waals surface area contributed by atoms with Gasteiger partial charge in [-0.15, -0.1) is 6.58 Å². The molecule has 0 heterocycles. The maximum absolute atomic E-state index is 13.5. The lowest BCUT2D eigenvalue weighted by Crippen LogP contribution is -2.27. The predicted molar refractivity (Wildman–Crippen MR) is 46.4 cm³/mol. The van der Waals surface area contributed by atoms with Crippen LogP contribution in [-0.2, 0) is 0 Å². The lowest BCUT2D eigenvalue weighted by molar-refractivity contribution is 0.187. The summed E-state index contributed by atoms with van der Waals surface area (Å²) in [6.45, 7) is 4.81. The van der Waals surface area contributed by atoms with Gasteiger partial charge >= 0.3 is 0 Å². The van der Waals surface area contributed by atoms with Crippen LogP contribution in [0.15, 0.2) is 23.5 Å². The summed E-state index contributed by atoms with van der Waals surface area (Å²) in [6, 6.07) is 0. The van der Waals surface area contributed by atoms with Crippen molar-refractivity contribution in [1.29, 1.82) is 0 Å². The fourth-order valence-corrected chi connectivity index (χ4v) is 1.58. The van der Waals surface area contributed by atoms with Gasteiger partial charge in [0.15, 0.2) is 0 Å². The van der Waals surface area contributed by atoms with Gasteiger partial charge in [-0.2, -0.15) is 0 Å².